The van der Waals surface area contributed by atoms with Crippen LogP contribution in [0.4, 0.5) is 0 Å². The van der Waals surface area contributed by atoms with Crippen molar-refractivity contribution >= 4 is 23.4 Å². The first-order valence-electron chi connectivity index (χ1n) is 10.4. The molecule has 2 heterocycles. The molecule has 0 fully saturated rings. The van der Waals surface area contributed by atoms with Crippen molar-refractivity contribution in [3.05, 3.63) is 76.6 Å². The Morgan fingerprint density at radius 1 is 1.10 bits per heavy atom. The Hall–Kier alpha value is -3.12. The molecule has 1 aliphatic rings. The van der Waals surface area contributed by atoms with Gasteiger partial charge in [-0.1, -0.05) is 35.9 Å². The lowest BCUT2D eigenvalue weighted by Crippen LogP contribution is -2.36. The van der Waals surface area contributed by atoms with Crippen molar-refractivity contribution in [1.82, 2.24) is 15.2 Å². The number of hydrogen-bond acceptors (Lipinski definition) is 4. The number of hydrogen-bond donors (Lipinski definition) is 1. The van der Waals surface area contributed by atoms with Crippen molar-refractivity contribution in [3.63, 3.8) is 0 Å². The van der Waals surface area contributed by atoms with E-state index in [1.54, 1.807) is 12.1 Å². The fourth-order valence-corrected chi connectivity index (χ4v) is 3.80. The summed E-state index contributed by atoms with van der Waals surface area (Å²) in [6, 6.07) is 15.4. The molecule has 3 aromatic rings. The zero-order valence-electron chi connectivity index (χ0n) is 17.1. The van der Waals surface area contributed by atoms with Crippen LogP contribution in [0, 0.1) is 0 Å². The Labute approximate surface area is 186 Å². The fraction of sp³-hybridized carbons (Fsp3) is 0.292. The summed E-state index contributed by atoms with van der Waals surface area (Å²) >= 11 is 5.89. The Morgan fingerprint density at radius 3 is 2.68 bits per heavy atom. The van der Waals surface area contributed by atoms with Gasteiger partial charge in [0.05, 0.1) is 12.1 Å². The van der Waals surface area contributed by atoms with Crippen LogP contribution in [0.1, 0.15) is 29.7 Å². The molecule has 2 amide bonds. The number of aromatic nitrogens is 1. The number of amides is 2. The van der Waals surface area contributed by atoms with Crippen LogP contribution >= 0.6 is 11.6 Å². The monoisotopic (exact) mass is 437 g/mol. The molecule has 1 aliphatic heterocycles. The second-order valence-corrected chi connectivity index (χ2v) is 8.05. The van der Waals surface area contributed by atoms with Crippen LogP contribution in [-0.4, -0.2) is 34.8 Å². The SMILES string of the molecule is O=C(Cc1coc(-c2ccc(Cl)cc2)n1)NCCCC(=O)N1CCc2ccccc2C1. The topological polar surface area (TPSA) is 75.4 Å². The predicted octanol–water partition coefficient (Wildman–Crippen LogP) is 4.02. The number of nitrogens with one attached hydrogen (secondary N) is 1. The molecular weight excluding hydrogens is 414 g/mol. The maximum Gasteiger partial charge on any atom is 0.226 e. The van der Waals surface area contributed by atoms with Gasteiger partial charge in [-0.15, -0.1) is 0 Å². The summed E-state index contributed by atoms with van der Waals surface area (Å²) in [5.41, 5.74) is 3.91. The van der Waals surface area contributed by atoms with E-state index >= 15 is 0 Å². The number of halogens is 1. The zero-order chi connectivity index (χ0) is 21.6. The third-order valence-corrected chi connectivity index (χ3v) is 5.61. The molecule has 0 spiro atoms. The number of oxazole rings is 1. The van der Waals surface area contributed by atoms with Crippen molar-refractivity contribution < 1.29 is 14.0 Å². The second-order valence-electron chi connectivity index (χ2n) is 7.62. The predicted molar refractivity (Wildman–Crippen MR) is 118 cm³/mol. The van der Waals surface area contributed by atoms with Crippen molar-refractivity contribution in [2.75, 3.05) is 13.1 Å². The minimum atomic E-state index is -0.143. The summed E-state index contributed by atoms with van der Waals surface area (Å²) in [4.78, 5) is 30.9. The molecule has 4 rings (SSSR count). The van der Waals surface area contributed by atoms with Crippen molar-refractivity contribution in [2.45, 2.75) is 32.2 Å². The maximum atomic E-state index is 12.5. The Morgan fingerprint density at radius 2 is 1.87 bits per heavy atom. The van der Waals surface area contributed by atoms with Gasteiger partial charge in [0.25, 0.3) is 0 Å². The van der Waals surface area contributed by atoms with Crippen molar-refractivity contribution in [2.24, 2.45) is 0 Å². The lowest BCUT2D eigenvalue weighted by atomic mass is 9.99. The maximum absolute atomic E-state index is 12.5. The van der Waals surface area contributed by atoms with Crippen LogP contribution in [0.5, 0.6) is 0 Å². The summed E-state index contributed by atoms with van der Waals surface area (Å²) in [7, 11) is 0. The molecule has 0 aliphatic carbocycles. The lowest BCUT2D eigenvalue weighted by Gasteiger charge is -2.29. The van der Waals surface area contributed by atoms with E-state index in [0.29, 0.717) is 42.5 Å². The number of fused-ring (bicyclic) bond motifs is 1. The van der Waals surface area contributed by atoms with Gasteiger partial charge >= 0.3 is 0 Å². The summed E-state index contributed by atoms with van der Waals surface area (Å²) < 4.78 is 5.46. The Kier molecular flexibility index (Phi) is 6.67. The van der Waals surface area contributed by atoms with Crippen LogP contribution < -0.4 is 5.32 Å². The normalized spacial score (nSPS) is 13.0. The van der Waals surface area contributed by atoms with Gasteiger partial charge in [-0.3, -0.25) is 9.59 Å². The van der Waals surface area contributed by atoms with Crippen molar-refractivity contribution in [3.8, 4) is 11.5 Å². The number of carbonyl (C=O) groups excluding carboxylic acids is 2. The van der Waals surface area contributed by atoms with E-state index in [1.807, 2.05) is 29.2 Å². The van der Waals surface area contributed by atoms with Gasteiger partial charge in [-0.2, -0.15) is 0 Å². The van der Waals surface area contributed by atoms with E-state index in [1.165, 1.54) is 17.4 Å². The van der Waals surface area contributed by atoms with Crippen LogP contribution in [0.15, 0.2) is 59.2 Å². The number of benzene rings is 2. The highest BCUT2D eigenvalue weighted by atomic mass is 35.5. The van der Waals surface area contributed by atoms with E-state index in [2.05, 4.69) is 22.4 Å². The molecule has 0 radical (unpaired) electrons. The van der Waals surface area contributed by atoms with Gasteiger partial charge < -0.3 is 14.6 Å². The smallest absolute Gasteiger partial charge is 0.226 e. The summed E-state index contributed by atoms with van der Waals surface area (Å²) in [5.74, 6) is 0.441. The highest BCUT2D eigenvalue weighted by molar-refractivity contribution is 6.30. The van der Waals surface area contributed by atoms with Gasteiger partial charge in [-0.25, -0.2) is 4.98 Å². The molecule has 31 heavy (non-hydrogen) atoms. The molecule has 160 valence electrons. The number of nitrogens with zero attached hydrogens (tertiary/aromatic N) is 2. The van der Waals surface area contributed by atoms with Gasteiger partial charge in [0.2, 0.25) is 17.7 Å². The molecule has 0 atom stereocenters. The Bertz CT molecular complexity index is 1060. The molecule has 0 saturated carbocycles. The van der Waals surface area contributed by atoms with Gasteiger partial charge in [0, 0.05) is 36.6 Å². The molecule has 1 aromatic heterocycles. The average Bonchev–Trinajstić information content (AvgIpc) is 3.25. The first-order chi connectivity index (χ1) is 15.1. The van der Waals surface area contributed by atoms with Crippen LogP contribution in [0.25, 0.3) is 11.5 Å². The van der Waals surface area contributed by atoms with Gasteiger partial charge in [-0.05, 0) is 48.2 Å². The molecule has 2 aromatic carbocycles. The van der Waals surface area contributed by atoms with Crippen LogP contribution in [0.2, 0.25) is 5.02 Å². The molecule has 1 N–H and O–H groups in total. The quantitative estimate of drug-likeness (QED) is 0.566. The molecule has 7 heteroatoms. The molecule has 6 nitrogen and oxygen atoms in total. The highest BCUT2D eigenvalue weighted by Gasteiger charge is 2.20. The summed E-state index contributed by atoms with van der Waals surface area (Å²) in [6.07, 6.45) is 3.55. The molecule has 0 bridgehead atoms. The molecular formula is C24H24ClN3O3. The fourth-order valence-electron chi connectivity index (χ4n) is 3.67. The minimum absolute atomic E-state index is 0.132. The first-order valence-corrected chi connectivity index (χ1v) is 10.8. The third kappa shape index (κ3) is 5.52. The van der Waals surface area contributed by atoms with Crippen molar-refractivity contribution in [1.29, 1.82) is 0 Å². The standard InChI is InChI=1S/C24H24ClN3O3/c25-20-9-7-18(8-10-20)24-27-21(16-31-24)14-22(29)26-12-3-6-23(30)28-13-11-17-4-1-2-5-19(17)15-28/h1-2,4-5,7-10,16H,3,6,11-15H2,(H,26,29). The largest absolute Gasteiger partial charge is 0.444 e. The second kappa shape index (κ2) is 9.79. The average molecular weight is 438 g/mol. The third-order valence-electron chi connectivity index (χ3n) is 5.36. The summed E-state index contributed by atoms with van der Waals surface area (Å²) in [6.45, 7) is 1.88. The van der Waals surface area contributed by atoms with E-state index < -0.39 is 0 Å². The van der Waals surface area contributed by atoms with E-state index in [-0.39, 0.29) is 18.2 Å². The van der Waals surface area contributed by atoms with Crippen LogP contribution in [-0.2, 0) is 29.0 Å². The van der Waals surface area contributed by atoms with E-state index in [9.17, 15) is 9.59 Å². The highest BCUT2D eigenvalue weighted by Crippen LogP contribution is 2.21. The zero-order valence-corrected chi connectivity index (χ0v) is 17.9. The van der Waals surface area contributed by atoms with Gasteiger partial charge in [0.1, 0.15) is 6.26 Å². The number of carbonyl (C=O) groups is 2. The number of rotatable bonds is 7. The first kappa shape index (κ1) is 21.1. The van der Waals surface area contributed by atoms with E-state index in [4.69, 9.17) is 16.0 Å². The Balaban J connectivity index is 1.18. The van der Waals surface area contributed by atoms with Gasteiger partial charge in [0.15, 0.2) is 0 Å². The van der Waals surface area contributed by atoms with Crippen LogP contribution in [0.3, 0.4) is 0 Å². The molecule has 0 unspecified atom stereocenters. The minimum Gasteiger partial charge on any atom is -0.444 e. The van der Waals surface area contributed by atoms with E-state index in [0.717, 1.165) is 18.5 Å². The molecule has 0 saturated heterocycles. The lowest BCUT2D eigenvalue weighted by molar-refractivity contribution is -0.132. The summed E-state index contributed by atoms with van der Waals surface area (Å²) in [5, 5.41) is 3.49.